The maximum Gasteiger partial charge on any atom is 0.225 e. The second-order valence-electron chi connectivity index (χ2n) is 6.14. The van der Waals surface area contributed by atoms with E-state index in [0.717, 1.165) is 27.6 Å². The second-order valence-corrected chi connectivity index (χ2v) is 6.14. The van der Waals surface area contributed by atoms with Gasteiger partial charge in [-0.1, -0.05) is 48.5 Å². The van der Waals surface area contributed by atoms with Crippen LogP contribution in [-0.4, -0.2) is 20.1 Å². The maximum absolute atomic E-state index is 12.4. The highest BCUT2D eigenvalue weighted by atomic mass is 16.5. The van der Waals surface area contributed by atoms with E-state index in [-0.39, 0.29) is 11.8 Å². The Kier molecular flexibility index (Phi) is 3.80. The number of rotatable bonds is 3. The summed E-state index contributed by atoms with van der Waals surface area (Å²) in [6.07, 6.45) is 0.384. The Morgan fingerprint density at radius 1 is 0.920 bits per heavy atom. The summed E-state index contributed by atoms with van der Waals surface area (Å²) < 4.78 is 11.0. The lowest BCUT2D eigenvalue weighted by Gasteiger charge is -2.28. The summed E-state index contributed by atoms with van der Waals surface area (Å²) in [6.45, 7) is 0. The first kappa shape index (κ1) is 15.5. The number of ether oxygens (including phenoxy) is 2. The number of hydrogen-bond donors (Lipinski definition) is 1. The molecule has 1 N–H and O–H groups in total. The molecular formula is C21H19NO3. The minimum atomic E-state index is -0.0709. The quantitative estimate of drug-likeness (QED) is 0.776. The Balaban J connectivity index is 1.95. The van der Waals surface area contributed by atoms with Gasteiger partial charge in [0.15, 0.2) is 11.5 Å². The molecule has 0 aliphatic carbocycles. The van der Waals surface area contributed by atoms with E-state index in [2.05, 4.69) is 23.5 Å². The Morgan fingerprint density at radius 2 is 1.76 bits per heavy atom. The van der Waals surface area contributed by atoms with Gasteiger partial charge < -0.3 is 14.8 Å². The summed E-state index contributed by atoms with van der Waals surface area (Å²) in [6, 6.07) is 18.1. The fourth-order valence-corrected chi connectivity index (χ4v) is 3.67. The summed E-state index contributed by atoms with van der Waals surface area (Å²) in [5.41, 5.74) is 2.96. The van der Waals surface area contributed by atoms with Gasteiger partial charge in [0.1, 0.15) is 0 Å². The highest BCUT2D eigenvalue weighted by Crippen LogP contribution is 2.45. The Morgan fingerprint density at radius 3 is 2.56 bits per heavy atom. The van der Waals surface area contributed by atoms with Crippen molar-refractivity contribution in [3.05, 3.63) is 65.7 Å². The van der Waals surface area contributed by atoms with E-state index in [4.69, 9.17) is 9.47 Å². The summed E-state index contributed by atoms with van der Waals surface area (Å²) in [5.74, 6) is 1.30. The molecule has 126 valence electrons. The van der Waals surface area contributed by atoms with Crippen LogP contribution in [0.2, 0.25) is 0 Å². The van der Waals surface area contributed by atoms with E-state index < -0.39 is 0 Å². The van der Waals surface area contributed by atoms with Gasteiger partial charge in [-0.05, 0) is 17.0 Å². The summed E-state index contributed by atoms with van der Waals surface area (Å²) in [4.78, 5) is 12.4. The number of amides is 1. The monoisotopic (exact) mass is 333 g/mol. The molecule has 4 rings (SSSR count). The highest BCUT2D eigenvalue weighted by molar-refractivity contribution is 6.06. The number of carbonyl (C=O) groups excluding carboxylic acids is 1. The van der Waals surface area contributed by atoms with E-state index >= 15 is 0 Å². The minimum absolute atomic E-state index is 0.0127. The minimum Gasteiger partial charge on any atom is -0.493 e. The zero-order valence-corrected chi connectivity index (χ0v) is 14.2. The molecule has 1 atom stereocenters. The first-order valence-electron chi connectivity index (χ1n) is 8.25. The molecule has 0 radical (unpaired) electrons. The summed E-state index contributed by atoms with van der Waals surface area (Å²) >= 11 is 0. The average Bonchev–Trinajstić information content (AvgIpc) is 2.66. The van der Waals surface area contributed by atoms with Crippen LogP contribution >= 0.6 is 0 Å². The van der Waals surface area contributed by atoms with E-state index in [9.17, 15) is 4.79 Å². The predicted molar refractivity (Wildman–Crippen MR) is 98.6 cm³/mol. The van der Waals surface area contributed by atoms with Gasteiger partial charge in [-0.2, -0.15) is 0 Å². The van der Waals surface area contributed by atoms with Crippen LogP contribution < -0.4 is 14.8 Å². The smallest absolute Gasteiger partial charge is 0.225 e. The molecule has 3 aromatic carbocycles. The van der Waals surface area contributed by atoms with Crippen molar-refractivity contribution in [2.75, 3.05) is 19.5 Å². The molecule has 0 saturated heterocycles. The zero-order valence-electron chi connectivity index (χ0n) is 14.2. The van der Waals surface area contributed by atoms with Gasteiger partial charge in [-0.25, -0.2) is 0 Å². The van der Waals surface area contributed by atoms with Crippen molar-refractivity contribution in [2.24, 2.45) is 0 Å². The van der Waals surface area contributed by atoms with Crippen LogP contribution in [0.5, 0.6) is 11.5 Å². The number of hydrogen-bond acceptors (Lipinski definition) is 3. The van der Waals surface area contributed by atoms with Crippen molar-refractivity contribution in [1.82, 2.24) is 0 Å². The molecule has 0 bridgehead atoms. The molecule has 0 aromatic heterocycles. The molecular weight excluding hydrogens is 314 g/mol. The lowest BCUT2D eigenvalue weighted by atomic mass is 9.83. The van der Waals surface area contributed by atoms with Crippen molar-refractivity contribution in [3.8, 4) is 11.5 Å². The van der Waals surface area contributed by atoms with Gasteiger partial charge in [0.05, 0.1) is 19.9 Å². The second kappa shape index (κ2) is 6.13. The molecule has 4 nitrogen and oxygen atoms in total. The van der Waals surface area contributed by atoms with Crippen LogP contribution in [0.4, 0.5) is 5.69 Å². The number of nitrogens with one attached hydrogen (secondary N) is 1. The zero-order chi connectivity index (χ0) is 17.4. The molecule has 0 saturated carbocycles. The van der Waals surface area contributed by atoms with Gasteiger partial charge in [0.2, 0.25) is 5.91 Å². The van der Waals surface area contributed by atoms with Crippen LogP contribution in [-0.2, 0) is 4.79 Å². The van der Waals surface area contributed by atoms with Crippen LogP contribution in [0.25, 0.3) is 10.8 Å². The molecule has 1 aliphatic heterocycles. The van der Waals surface area contributed by atoms with E-state index in [1.807, 2.05) is 36.4 Å². The summed E-state index contributed by atoms with van der Waals surface area (Å²) in [5, 5.41) is 5.22. The number of anilines is 1. The normalized spacial score (nSPS) is 16.2. The number of benzene rings is 3. The summed E-state index contributed by atoms with van der Waals surface area (Å²) in [7, 11) is 3.25. The van der Waals surface area contributed by atoms with E-state index in [1.54, 1.807) is 14.2 Å². The number of fused-ring (bicyclic) bond motifs is 3. The van der Waals surface area contributed by atoms with Crippen LogP contribution in [0.15, 0.2) is 54.6 Å². The van der Waals surface area contributed by atoms with Gasteiger partial charge in [-0.15, -0.1) is 0 Å². The predicted octanol–water partition coefficient (Wildman–Crippen LogP) is 4.33. The molecule has 0 spiro atoms. The lowest BCUT2D eigenvalue weighted by Crippen LogP contribution is -2.24. The molecule has 25 heavy (non-hydrogen) atoms. The Bertz CT molecular complexity index is 965. The SMILES string of the molecule is COc1cccc([C@@H]2CC(=O)Nc3c2ccc2ccccc32)c1OC. The first-order chi connectivity index (χ1) is 12.2. The van der Waals surface area contributed by atoms with Crippen LogP contribution in [0.3, 0.4) is 0 Å². The van der Waals surface area contributed by atoms with Crippen molar-refractivity contribution in [2.45, 2.75) is 12.3 Å². The van der Waals surface area contributed by atoms with Crippen LogP contribution in [0, 0.1) is 0 Å². The van der Waals surface area contributed by atoms with Crippen molar-refractivity contribution < 1.29 is 14.3 Å². The van der Waals surface area contributed by atoms with Crippen LogP contribution in [0.1, 0.15) is 23.5 Å². The molecule has 0 fully saturated rings. The first-order valence-corrected chi connectivity index (χ1v) is 8.25. The van der Waals surface area contributed by atoms with Gasteiger partial charge >= 0.3 is 0 Å². The molecule has 1 heterocycles. The maximum atomic E-state index is 12.4. The Hall–Kier alpha value is -3.01. The topological polar surface area (TPSA) is 47.6 Å². The van der Waals surface area contributed by atoms with Gasteiger partial charge in [0, 0.05) is 23.3 Å². The van der Waals surface area contributed by atoms with Crippen molar-refractivity contribution in [1.29, 1.82) is 0 Å². The Labute approximate surface area is 146 Å². The number of para-hydroxylation sites is 1. The third-order valence-electron chi connectivity index (χ3n) is 4.80. The third-order valence-corrected chi connectivity index (χ3v) is 4.80. The fraction of sp³-hybridized carbons (Fsp3) is 0.190. The third kappa shape index (κ3) is 2.50. The number of methoxy groups -OCH3 is 2. The van der Waals surface area contributed by atoms with Crippen molar-refractivity contribution in [3.63, 3.8) is 0 Å². The molecule has 4 heteroatoms. The lowest BCUT2D eigenvalue weighted by molar-refractivity contribution is -0.116. The van der Waals surface area contributed by atoms with Crippen molar-refractivity contribution >= 4 is 22.4 Å². The average molecular weight is 333 g/mol. The molecule has 0 unspecified atom stereocenters. The largest absolute Gasteiger partial charge is 0.493 e. The van der Waals surface area contributed by atoms with E-state index in [0.29, 0.717) is 17.9 Å². The number of carbonyl (C=O) groups is 1. The molecule has 3 aromatic rings. The van der Waals surface area contributed by atoms with Gasteiger partial charge in [0.25, 0.3) is 0 Å². The molecule has 1 aliphatic rings. The van der Waals surface area contributed by atoms with Gasteiger partial charge in [-0.3, -0.25) is 4.79 Å². The highest BCUT2D eigenvalue weighted by Gasteiger charge is 2.30. The van der Waals surface area contributed by atoms with E-state index in [1.165, 1.54) is 0 Å². The standard InChI is InChI=1S/C21H19NO3/c1-24-18-9-5-8-16(21(18)25-2)17-12-19(23)22-20-14-7-4-3-6-13(14)10-11-15(17)20/h3-11,17H,12H2,1-2H3,(H,22,23)/t17-/m1/s1. The molecule has 1 amide bonds. The fourth-order valence-electron chi connectivity index (χ4n) is 3.67.